The van der Waals surface area contributed by atoms with Crippen LogP contribution in [0.4, 0.5) is 0 Å². The number of carbonyl (C=O) groups excluding carboxylic acids is 1. The Balaban J connectivity index is 2.69. The summed E-state index contributed by atoms with van der Waals surface area (Å²) in [6.45, 7) is 8.23. The van der Waals surface area contributed by atoms with Gasteiger partial charge in [-0.1, -0.05) is 6.92 Å². The van der Waals surface area contributed by atoms with Crippen molar-refractivity contribution in [1.29, 1.82) is 0 Å². The van der Waals surface area contributed by atoms with E-state index in [0.717, 1.165) is 30.8 Å². The van der Waals surface area contributed by atoms with Gasteiger partial charge in [-0.05, 0) is 44.5 Å². The lowest BCUT2D eigenvalue weighted by Gasteiger charge is -2.18. The van der Waals surface area contributed by atoms with E-state index in [1.807, 2.05) is 43.0 Å². The van der Waals surface area contributed by atoms with Crippen molar-refractivity contribution in [3.05, 3.63) is 29.8 Å². The minimum Gasteiger partial charge on any atom is -0.494 e. The number of benzene rings is 1. The summed E-state index contributed by atoms with van der Waals surface area (Å²) in [5.41, 5.74) is 0.720. The second kappa shape index (κ2) is 6.94. The zero-order valence-corrected chi connectivity index (χ0v) is 10.9. The van der Waals surface area contributed by atoms with Crippen molar-refractivity contribution < 1.29 is 9.53 Å². The molecule has 0 spiro atoms. The van der Waals surface area contributed by atoms with E-state index < -0.39 is 0 Å². The van der Waals surface area contributed by atoms with Crippen LogP contribution in [0.5, 0.6) is 5.75 Å². The van der Waals surface area contributed by atoms with Crippen LogP contribution in [0.25, 0.3) is 0 Å². The summed E-state index contributed by atoms with van der Waals surface area (Å²) >= 11 is 0. The van der Waals surface area contributed by atoms with Gasteiger partial charge < -0.3 is 9.64 Å². The van der Waals surface area contributed by atoms with Gasteiger partial charge in [0.25, 0.3) is 5.91 Å². The normalized spacial score (nSPS) is 10.1. The molecule has 1 amide bonds. The predicted octanol–water partition coefficient (Wildman–Crippen LogP) is 2.96. The van der Waals surface area contributed by atoms with E-state index in [1.54, 1.807) is 0 Å². The second-order valence-corrected chi connectivity index (χ2v) is 3.85. The van der Waals surface area contributed by atoms with Crippen molar-refractivity contribution in [1.82, 2.24) is 4.90 Å². The molecule has 3 heteroatoms. The molecule has 0 N–H and O–H groups in total. The van der Waals surface area contributed by atoms with Gasteiger partial charge in [-0.15, -0.1) is 0 Å². The highest BCUT2D eigenvalue weighted by Gasteiger charge is 2.11. The van der Waals surface area contributed by atoms with Crippen LogP contribution in [0.3, 0.4) is 0 Å². The monoisotopic (exact) mass is 235 g/mol. The first-order valence-corrected chi connectivity index (χ1v) is 6.25. The molecule has 0 unspecified atom stereocenters. The van der Waals surface area contributed by atoms with E-state index >= 15 is 0 Å². The Morgan fingerprint density at radius 2 is 1.71 bits per heavy atom. The molecule has 0 saturated heterocycles. The maximum atomic E-state index is 12.0. The lowest BCUT2D eigenvalue weighted by molar-refractivity contribution is 0.0773. The minimum absolute atomic E-state index is 0.0806. The highest BCUT2D eigenvalue weighted by atomic mass is 16.5. The van der Waals surface area contributed by atoms with Crippen LogP contribution < -0.4 is 4.74 Å². The number of amides is 1. The van der Waals surface area contributed by atoms with Crippen LogP contribution in [-0.2, 0) is 0 Å². The third kappa shape index (κ3) is 3.77. The van der Waals surface area contributed by atoms with Gasteiger partial charge in [0.1, 0.15) is 5.75 Å². The molecular weight excluding hydrogens is 214 g/mol. The number of hydrogen-bond donors (Lipinski definition) is 0. The van der Waals surface area contributed by atoms with Crippen molar-refractivity contribution in [2.45, 2.75) is 27.2 Å². The zero-order valence-electron chi connectivity index (χ0n) is 10.9. The Morgan fingerprint density at radius 1 is 1.12 bits per heavy atom. The molecule has 0 heterocycles. The molecule has 94 valence electrons. The molecule has 0 bridgehead atoms. The number of carbonyl (C=O) groups is 1. The molecule has 1 aromatic rings. The molecule has 0 saturated carbocycles. The summed E-state index contributed by atoms with van der Waals surface area (Å²) in [7, 11) is 0. The highest BCUT2D eigenvalue weighted by molar-refractivity contribution is 5.94. The first-order valence-electron chi connectivity index (χ1n) is 6.25. The number of nitrogens with zero attached hydrogens (tertiary/aromatic N) is 1. The summed E-state index contributed by atoms with van der Waals surface area (Å²) in [5, 5.41) is 0. The van der Waals surface area contributed by atoms with Crippen LogP contribution >= 0.6 is 0 Å². The van der Waals surface area contributed by atoms with E-state index in [-0.39, 0.29) is 5.91 Å². The van der Waals surface area contributed by atoms with Crippen LogP contribution in [0.2, 0.25) is 0 Å². The van der Waals surface area contributed by atoms with Crippen LogP contribution in [-0.4, -0.2) is 30.5 Å². The standard InChI is InChI=1S/C14H21NO2/c1-4-11-17-13-9-7-12(8-10-13)14(16)15(5-2)6-3/h7-10H,4-6,11H2,1-3H3. The predicted molar refractivity (Wildman–Crippen MR) is 69.5 cm³/mol. The molecule has 0 radical (unpaired) electrons. The Morgan fingerprint density at radius 3 is 2.18 bits per heavy atom. The van der Waals surface area contributed by atoms with Gasteiger partial charge in [-0.25, -0.2) is 0 Å². The second-order valence-electron chi connectivity index (χ2n) is 3.85. The fraction of sp³-hybridized carbons (Fsp3) is 0.500. The fourth-order valence-electron chi connectivity index (χ4n) is 1.61. The molecule has 0 atom stereocenters. The lowest BCUT2D eigenvalue weighted by Crippen LogP contribution is -2.30. The van der Waals surface area contributed by atoms with Gasteiger partial charge in [0.15, 0.2) is 0 Å². The maximum absolute atomic E-state index is 12.0. The van der Waals surface area contributed by atoms with Crippen molar-refractivity contribution in [2.24, 2.45) is 0 Å². The fourth-order valence-corrected chi connectivity index (χ4v) is 1.61. The molecule has 3 nitrogen and oxygen atoms in total. The van der Waals surface area contributed by atoms with E-state index in [1.165, 1.54) is 0 Å². The summed E-state index contributed by atoms with van der Waals surface area (Å²) < 4.78 is 5.48. The average molecular weight is 235 g/mol. The van der Waals surface area contributed by atoms with Crippen molar-refractivity contribution in [3.63, 3.8) is 0 Å². The minimum atomic E-state index is 0.0806. The first kappa shape index (κ1) is 13.6. The SMILES string of the molecule is CCCOc1ccc(C(=O)N(CC)CC)cc1. The molecule has 1 aromatic carbocycles. The Labute approximate surface area is 103 Å². The maximum Gasteiger partial charge on any atom is 0.253 e. The van der Waals surface area contributed by atoms with Crippen molar-refractivity contribution in [3.8, 4) is 5.75 Å². The van der Waals surface area contributed by atoms with Crippen molar-refractivity contribution in [2.75, 3.05) is 19.7 Å². The highest BCUT2D eigenvalue weighted by Crippen LogP contribution is 2.14. The summed E-state index contributed by atoms with van der Waals surface area (Å²) in [6.07, 6.45) is 0.986. The zero-order chi connectivity index (χ0) is 12.7. The van der Waals surface area contributed by atoms with Crippen molar-refractivity contribution >= 4 is 5.91 Å². The van der Waals surface area contributed by atoms with Gasteiger partial charge in [0.05, 0.1) is 6.61 Å². The first-order chi connectivity index (χ1) is 8.22. The third-order valence-corrected chi connectivity index (χ3v) is 2.62. The summed E-state index contributed by atoms with van der Waals surface area (Å²) in [6, 6.07) is 7.36. The number of hydrogen-bond acceptors (Lipinski definition) is 2. The molecule has 0 aliphatic carbocycles. The topological polar surface area (TPSA) is 29.5 Å². The van der Waals surface area contributed by atoms with Crippen LogP contribution in [0.1, 0.15) is 37.6 Å². The van der Waals surface area contributed by atoms with E-state index in [0.29, 0.717) is 6.61 Å². The molecule has 0 aromatic heterocycles. The Bertz CT molecular complexity index is 342. The molecule has 1 rings (SSSR count). The van der Waals surface area contributed by atoms with Gasteiger partial charge >= 0.3 is 0 Å². The van der Waals surface area contributed by atoms with E-state index in [2.05, 4.69) is 6.92 Å². The van der Waals surface area contributed by atoms with Gasteiger partial charge in [0, 0.05) is 18.7 Å². The smallest absolute Gasteiger partial charge is 0.253 e. The van der Waals surface area contributed by atoms with Crippen LogP contribution in [0, 0.1) is 0 Å². The summed E-state index contributed by atoms with van der Waals surface area (Å²) in [4.78, 5) is 13.8. The van der Waals surface area contributed by atoms with E-state index in [9.17, 15) is 4.79 Å². The largest absolute Gasteiger partial charge is 0.494 e. The number of rotatable bonds is 6. The summed E-state index contributed by atoms with van der Waals surface area (Å²) in [5.74, 6) is 0.903. The van der Waals surface area contributed by atoms with Gasteiger partial charge in [-0.3, -0.25) is 4.79 Å². The lowest BCUT2D eigenvalue weighted by atomic mass is 10.2. The number of ether oxygens (including phenoxy) is 1. The molecule has 0 aliphatic heterocycles. The van der Waals surface area contributed by atoms with Crippen LogP contribution in [0.15, 0.2) is 24.3 Å². The Hall–Kier alpha value is -1.51. The van der Waals surface area contributed by atoms with Gasteiger partial charge in [0.2, 0.25) is 0 Å². The Kier molecular flexibility index (Phi) is 5.53. The quantitative estimate of drug-likeness (QED) is 0.758. The molecule has 0 fully saturated rings. The molecular formula is C14H21NO2. The molecule has 0 aliphatic rings. The molecule has 17 heavy (non-hydrogen) atoms. The van der Waals surface area contributed by atoms with Gasteiger partial charge in [-0.2, -0.15) is 0 Å². The van der Waals surface area contributed by atoms with E-state index in [4.69, 9.17) is 4.74 Å². The third-order valence-electron chi connectivity index (χ3n) is 2.62. The average Bonchev–Trinajstić information content (AvgIpc) is 2.38.